The number of aromatic nitrogens is 1. The summed E-state index contributed by atoms with van der Waals surface area (Å²) in [6.07, 6.45) is 6.33. The number of nitrogens with zero attached hydrogens (tertiary/aromatic N) is 1. The fraction of sp³-hybridized carbons (Fsp3) is 0.556. The van der Waals surface area contributed by atoms with Crippen molar-refractivity contribution in [3.05, 3.63) is 35.0 Å². The highest BCUT2D eigenvalue weighted by atomic mass is 15.2. The predicted octanol–water partition coefficient (Wildman–Crippen LogP) is 3.00. The van der Waals surface area contributed by atoms with Gasteiger partial charge in [0.25, 0.3) is 0 Å². The van der Waals surface area contributed by atoms with Crippen LogP contribution in [0.5, 0.6) is 0 Å². The summed E-state index contributed by atoms with van der Waals surface area (Å²) in [5, 5.41) is 1.46. The van der Waals surface area contributed by atoms with Gasteiger partial charge in [0.1, 0.15) is 0 Å². The summed E-state index contributed by atoms with van der Waals surface area (Å²) < 4.78 is 0. The molecule has 3 N–H and O–H groups in total. The Morgan fingerprint density at radius 1 is 1.29 bits per heavy atom. The molecule has 1 fully saturated rings. The number of H-pyrrole nitrogens is 1. The normalized spacial score (nSPS) is 26.4. The third-order valence-corrected chi connectivity index (χ3v) is 5.48. The summed E-state index contributed by atoms with van der Waals surface area (Å²) >= 11 is 0. The molecular weight excluding hydrogens is 258 g/mol. The molecule has 2 atom stereocenters. The molecule has 2 heterocycles. The molecule has 4 rings (SSSR count). The van der Waals surface area contributed by atoms with E-state index in [1.165, 1.54) is 54.3 Å². The Kier molecular flexibility index (Phi) is 3.27. The van der Waals surface area contributed by atoms with Gasteiger partial charge in [-0.25, -0.2) is 0 Å². The average molecular weight is 283 g/mol. The van der Waals surface area contributed by atoms with E-state index in [0.29, 0.717) is 12.0 Å². The van der Waals surface area contributed by atoms with Gasteiger partial charge in [0.15, 0.2) is 0 Å². The third kappa shape index (κ3) is 2.19. The molecule has 1 aliphatic heterocycles. The standard InChI is InChI=1S/C18H25N3/c1-21-11-12(10-19)8-18(21)13-6-7-17-15(9-13)14-4-2-3-5-16(14)20-17/h6-7,9,12,18,20H,2-5,8,10-11,19H2,1H3. The fourth-order valence-corrected chi connectivity index (χ4v) is 4.30. The summed E-state index contributed by atoms with van der Waals surface area (Å²) in [6, 6.07) is 7.57. The quantitative estimate of drug-likeness (QED) is 0.890. The van der Waals surface area contributed by atoms with E-state index >= 15 is 0 Å². The van der Waals surface area contributed by atoms with Gasteiger partial charge in [0, 0.05) is 29.2 Å². The van der Waals surface area contributed by atoms with Crippen molar-refractivity contribution in [2.45, 2.75) is 38.1 Å². The molecule has 1 aliphatic carbocycles. The van der Waals surface area contributed by atoms with Crippen molar-refractivity contribution in [2.24, 2.45) is 11.7 Å². The van der Waals surface area contributed by atoms with Crippen LogP contribution < -0.4 is 5.73 Å². The summed E-state index contributed by atoms with van der Waals surface area (Å²) in [5.74, 6) is 0.649. The second-order valence-corrected chi connectivity index (χ2v) is 6.89. The van der Waals surface area contributed by atoms with E-state index in [0.717, 1.165) is 13.1 Å². The van der Waals surface area contributed by atoms with Crippen molar-refractivity contribution in [3.8, 4) is 0 Å². The van der Waals surface area contributed by atoms with Gasteiger partial charge in [-0.2, -0.15) is 0 Å². The molecular formula is C18H25N3. The van der Waals surface area contributed by atoms with Gasteiger partial charge < -0.3 is 10.7 Å². The van der Waals surface area contributed by atoms with Gasteiger partial charge in [-0.15, -0.1) is 0 Å². The molecule has 0 radical (unpaired) electrons. The van der Waals surface area contributed by atoms with Crippen molar-refractivity contribution in [1.82, 2.24) is 9.88 Å². The number of aromatic amines is 1. The second kappa shape index (κ2) is 5.15. The van der Waals surface area contributed by atoms with Crippen LogP contribution in [-0.2, 0) is 12.8 Å². The van der Waals surface area contributed by atoms with E-state index in [9.17, 15) is 0 Å². The van der Waals surface area contributed by atoms with Crippen LogP contribution in [0.2, 0.25) is 0 Å². The molecule has 0 saturated carbocycles. The van der Waals surface area contributed by atoms with E-state index in [1.54, 1.807) is 5.56 Å². The average Bonchev–Trinajstić information content (AvgIpc) is 3.07. The van der Waals surface area contributed by atoms with Crippen LogP contribution in [0.25, 0.3) is 10.9 Å². The van der Waals surface area contributed by atoms with Crippen LogP contribution in [-0.4, -0.2) is 30.0 Å². The minimum Gasteiger partial charge on any atom is -0.358 e. The number of aryl methyl sites for hydroxylation is 2. The monoisotopic (exact) mass is 283 g/mol. The van der Waals surface area contributed by atoms with Gasteiger partial charge in [0.05, 0.1) is 0 Å². The van der Waals surface area contributed by atoms with E-state index in [-0.39, 0.29) is 0 Å². The summed E-state index contributed by atoms with van der Waals surface area (Å²) in [7, 11) is 2.23. The molecule has 2 unspecified atom stereocenters. The predicted molar refractivity (Wildman–Crippen MR) is 87.5 cm³/mol. The van der Waals surface area contributed by atoms with Crippen molar-refractivity contribution in [1.29, 1.82) is 0 Å². The van der Waals surface area contributed by atoms with E-state index < -0.39 is 0 Å². The first-order chi connectivity index (χ1) is 10.3. The first-order valence-corrected chi connectivity index (χ1v) is 8.30. The lowest BCUT2D eigenvalue weighted by atomic mass is 9.93. The zero-order valence-electron chi connectivity index (χ0n) is 12.9. The molecule has 21 heavy (non-hydrogen) atoms. The molecule has 1 saturated heterocycles. The minimum absolute atomic E-state index is 0.539. The van der Waals surface area contributed by atoms with Gasteiger partial charge in [-0.05, 0) is 74.9 Å². The molecule has 3 heteroatoms. The summed E-state index contributed by atoms with van der Waals surface area (Å²) in [6.45, 7) is 1.94. The Morgan fingerprint density at radius 3 is 2.95 bits per heavy atom. The molecule has 0 bridgehead atoms. The minimum atomic E-state index is 0.539. The molecule has 2 aliphatic rings. The van der Waals surface area contributed by atoms with E-state index in [1.807, 2.05) is 0 Å². The largest absolute Gasteiger partial charge is 0.358 e. The maximum Gasteiger partial charge on any atom is 0.0459 e. The second-order valence-electron chi connectivity index (χ2n) is 6.89. The van der Waals surface area contributed by atoms with Crippen molar-refractivity contribution in [2.75, 3.05) is 20.1 Å². The number of nitrogens with one attached hydrogen (secondary N) is 1. The fourth-order valence-electron chi connectivity index (χ4n) is 4.30. The number of hydrogen-bond donors (Lipinski definition) is 2. The van der Waals surface area contributed by atoms with Crippen LogP contribution in [0.3, 0.4) is 0 Å². The van der Waals surface area contributed by atoms with Crippen LogP contribution in [0.4, 0.5) is 0 Å². The molecule has 0 spiro atoms. The number of nitrogens with two attached hydrogens (primary N) is 1. The molecule has 112 valence electrons. The maximum atomic E-state index is 5.87. The number of hydrogen-bond acceptors (Lipinski definition) is 2. The smallest absolute Gasteiger partial charge is 0.0459 e. The number of likely N-dealkylation sites (tertiary alicyclic amines) is 1. The highest BCUT2D eigenvalue weighted by Crippen LogP contribution is 2.37. The zero-order chi connectivity index (χ0) is 14.4. The Hall–Kier alpha value is -1.32. The van der Waals surface area contributed by atoms with Crippen LogP contribution in [0.1, 0.15) is 42.1 Å². The van der Waals surface area contributed by atoms with Gasteiger partial charge >= 0.3 is 0 Å². The van der Waals surface area contributed by atoms with Gasteiger partial charge in [-0.1, -0.05) is 6.07 Å². The van der Waals surface area contributed by atoms with Crippen molar-refractivity contribution < 1.29 is 0 Å². The SMILES string of the molecule is CN1CC(CN)CC1c1ccc2[nH]c3c(c2c1)CCCC3. The van der Waals surface area contributed by atoms with Gasteiger partial charge in [0.2, 0.25) is 0 Å². The van der Waals surface area contributed by atoms with Crippen LogP contribution in [0.15, 0.2) is 18.2 Å². The lowest BCUT2D eigenvalue weighted by Gasteiger charge is -2.20. The first kappa shape index (κ1) is 13.4. The Balaban J connectivity index is 1.73. The van der Waals surface area contributed by atoms with E-state index in [4.69, 9.17) is 5.73 Å². The highest BCUT2D eigenvalue weighted by molar-refractivity contribution is 5.85. The molecule has 1 aromatic carbocycles. The lowest BCUT2D eigenvalue weighted by Crippen LogP contribution is -2.20. The van der Waals surface area contributed by atoms with Gasteiger partial charge in [-0.3, -0.25) is 4.90 Å². The Morgan fingerprint density at radius 2 is 2.14 bits per heavy atom. The van der Waals surface area contributed by atoms with Crippen LogP contribution >= 0.6 is 0 Å². The van der Waals surface area contributed by atoms with Crippen molar-refractivity contribution in [3.63, 3.8) is 0 Å². The molecule has 3 nitrogen and oxygen atoms in total. The Bertz CT molecular complexity index is 658. The summed E-state index contributed by atoms with van der Waals surface area (Å²) in [4.78, 5) is 6.10. The Labute approximate surface area is 126 Å². The van der Waals surface area contributed by atoms with Crippen LogP contribution in [0, 0.1) is 5.92 Å². The lowest BCUT2D eigenvalue weighted by molar-refractivity contribution is 0.314. The maximum absolute atomic E-state index is 5.87. The third-order valence-electron chi connectivity index (χ3n) is 5.48. The number of fused-ring (bicyclic) bond motifs is 3. The molecule has 0 amide bonds. The van der Waals surface area contributed by atoms with Crippen molar-refractivity contribution >= 4 is 10.9 Å². The first-order valence-electron chi connectivity index (χ1n) is 8.30. The molecule has 1 aromatic heterocycles. The number of rotatable bonds is 2. The van der Waals surface area contributed by atoms with E-state index in [2.05, 4.69) is 35.1 Å². The zero-order valence-corrected chi connectivity index (χ0v) is 12.9. The summed E-state index contributed by atoms with van der Waals surface area (Å²) in [5.41, 5.74) is 11.7. The number of benzene rings is 1. The topological polar surface area (TPSA) is 45.0 Å². The molecule has 2 aromatic rings. The highest BCUT2D eigenvalue weighted by Gasteiger charge is 2.30.